The Morgan fingerprint density at radius 2 is 0.587 bits per heavy atom. The minimum Gasteiger partial charge on any atom is -0.462 e. The molecule has 0 amide bonds. The van der Waals surface area contributed by atoms with Crippen molar-refractivity contribution in [2.45, 2.75) is 354 Å². The van der Waals surface area contributed by atoms with E-state index in [1.807, 2.05) is 21.1 Å². The van der Waals surface area contributed by atoms with Crippen LogP contribution in [0, 0.1) is 0 Å². The molecular weight excluding hydrogens is 1160 g/mol. The number of nitrogens with zero attached hydrogens (tertiary/aromatic N) is 1. The van der Waals surface area contributed by atoms with Gasteiger partial charge in [-0.25, -0.2) is 4.57 Å². The Bertz CT molecular complexity index is 1920. The maximum Gasteiger partial charge on any atom is 0.472 e. The number of quaternary nitrogens is 1. The molecule has 10 heteroatoms. The van der Waals surface area contributed by atoms with Gasteiger partial charge in [-0.3, -0.25) is 18.6 Å². The molecule has 92 heavy (non-hydrogen) atoms. The molecule has 0 aromatic heterocycles. The molecule has 9 nitrogen and oxygen atoms in total. The molecule has 0 rings (SSSR count). The van der Waals surface area contributed by atoms with E-state index >= 15 is 0 Å². The highest BCUT2D eigenvalue weighted by atomic mass is 31.2. The minimum absolute atomic E-state index is 0.0293. The van der Waals surface area contributed by atoms with E-state index in [0.717, 1.165) is 96.3 Å². The van der Waals surface area contributed by atoms with Crippen molar-refractivity contribution in [3.8, 4) is 0 Å². The van der Waals surface area contributed by atoms with Gasteiger partial charge in [-0.1, -0.05) is 348 Å². The molecule has 0 spiro atoms. The van der Waals surface area contributed by atoms with Crippen molar-refractivity contribution in [1.29, 1.82) is 0 Å². The van der Waals surface area contributed by atoms with Gasteiger partial charge in [-0.2, -0.15) is 0 Å². The van der Waals surface area contributed by atoms with Gasteiger partial charge in [0.1, 0.15) is 19.8 Å². The Labute approximate surface area is 569 Å². The molecule has 0 aromatic rings. The van der Waals surface area contributed by atoms with Crippen molar-refractivity contribution >= 4 is 19.8 Å². The monoisotopic (exact) mass is 1310 g/mol. The number of hydrogen-bond acceptors (Lipinski definition) is 7. The molecule has 0 fully saturated rings. The van der Waals surface area contributed by atoms with Crippen LogP contribution in [0.25, 0.3) is 0 Å². The van der Waals surface area contributed by atoms with Crippen LogP contribution in [0.1, 0.15) is 348 Å². The summed E-state index contributed by atoms with van der Waals surface area (Å²) >= 11 is 0. The van der Waals surface area contributed by atoms with Gasteiger partial charge in [-0.05, 0) is 96.3 Å². The van der Waals surface area contributed by atoms with Crippen LogP contribution in [0.5, 0.6) is 0 Å². The molecule has 0 aliphatic rings. The number of rotatable bonds is 71. The minimum atomic E-state index is -4.40. The van der Waals surface area contributed by atoms with Crippen molar-refractivity contribution in [1.82, 2.24) is 0 Å². The Morgan fingerprint density at radius 3 is 0.870 bits per heavy atom. The summed E-state index contributed by atoms with van der Waals surface area (Å²) in [4.78, 5) is 35.9. The molecule has 532 valence electrons. The van der Waals surface area contributed by atoms with Gasteiger partial charge in [0.25, 0.3) is 0 Å². The number of esters is 2. The highest BCUT2D eigenvalue weighted by Gasteiger charge is 2.27. The quantitative estimate of drug-likeness (QED) is 0.0211. The number of phosphoric acid groups is 1. The molecule has 0 aliphatic heterocycles. The van der Waals surface area contributed by atoms with Crippen molar-refractivity contribution < 1.29 is 42.1 Å². The number of phosphoric ester groups is 1. The Balaban J connectivity index is 3.92. The first-order valence-corrected chi connectivity index (χ1v) is 40.1. The highest BCUT2D eigenvalue weighted by Crippen LogP contribution is 2.43. The SMILES string of the molecule is CC/C=C\C/C=C\C/C=C\C/C=C\C/C=C\CCCCCCCCCCCCCC(=O)OC(COC(=O)CCCCCCCCCCCCCCCCCCCCCCCCCCCCCC/C=C\C/C=C\C/C=C\C/C=C\CC)COP(=O)(O)OCC[N+](C)(C)C. The fourth-order valence-corrected chi connectivity index (χ4v) is 11.7. The maximum absolute atomic E-state index is 12.9. The second-order valence-corrected chi connectivity index (χ2v) is 28.4. The van der Waals surface area contributed by atoms with Crippen LogP contribution in [-0.2, 0) is 32.7 Å². The topological polar surface area (TPSA) is 108 Å². The van der Waals surface area contributed by atoms with Gasteiger partial charge in [0, 0.05) is 12.8 Å². The molecule has 0 bridgehead atoms. The van der Waals surface area contributed by atoms with Crippen molar-refractivity contribution in [2.24, 2.45) is 0 Å². The zero-order valence-electron chi connectivity index (χ0n) is 60.8. The molecule has 0 aliphatic carbocycles. The third kappa shape index (κ3) is 75.7. The van der Waals surface area contributed by atoms with Crippen molar-refractivity contribution in [3.63, 3.8) is 0 Å². The summed E-state index contributed by atoms with van der Waals surface area (Å²) in [5, 5.41) is 0. The average Bonchev–Trinajstić information content (AvgIpc) is 2.14. The van der Waals surface area contributed by atoms with E-state index in [4.69, 9.17) is 18.5 Å². The summed E-state index contributed by atoms with van der Waals surface area (Å²) in [6.45, 7) is 4.24. The van der Waals surface area contributed by atoms with Crippen LogP contribution >= 0.6 is 7.82 Å². The van der Waals surface area contributed by atoms with E-state index in [1.54, 1.807) is 0 Å². The average molecular weight is 1310 g/mol. The summed E-state index contributed by atoms with van der Waals surface area (Å²) in [5.41, 5.74) is 0. The van der Waals surface area contributed by atoms with Gasteiger partial charge >= 0.3 is 19.8 Å². The maximum atomic E-state index is 12.9. The van der Waals surface area contributed by atoms with Gasteiger partial charge in [-0.15, -0.1) is 0 Å². The van der Waals surface area contributed by atoms with Gasteiger partial charge in [0.05, 0.1) is 27.7 Å². The largest absolute Gasteiger partial charge is 0.472 e. The first-order valence-electron chi connectivity index (χ1n) is 38.6. The van der Waals surface area contributed by atoms with E-state index in [2.05, 4.69) is 123 Å². The van der Waals surface area contributed by atoms with Crippen molar-refractivity contribution in [3.05, 3.63) is 109 Å². The van der Waals surface area contributed by atoms with Gasteiger partial charge in [0.2, 0.25) is 0 Å². The van der Waals surface area contributed by atoms with Crippen LogP contribution in [0.4, 0.5) is 0 Å². The standard InChI is InChI=1S/C82H146NO8P/c1-6-8-10-12-14-16-18-20-22-24-26-28-30-32-34-35-36-37-38-39-40-41-42-43-44-45-46-47-49-50-52-54-56-58-60-62-64-66-68-70-72-74-81(84)88-78-80(79-90-92(86,87)89-77-76-83(3,4)5)91-82(85)75-73-71-69-67-65-63-61-59-57-55-53-51-48-33-31-29-27-25-23-21-19-17-15-13-11-9-7-2/h8-11,14-17,20-23,26-29,33,48,80H,6-7,12-13,18-19,24-25,30-32,34-47,49-79H2,1-5H3/p+1/b10-8-,11-9-,16-14-,17-15-,22-20-,23-21-,28-26-,29-27-,48-33-. The van der Waals surface area contributed by atoms with Gasteiger partial charge in [0.15, 0.2) is 6.10 Å². The first-order chi connectivity index (χ1) is 45.0. The Kier molecular flexibility index (Phi) is 69.3. The molecule has 0 saturated heterocycles. The van der Waals surface area contributed by atoms with E-state index in [1.165, 1.54) is 218 Å². The van der Waals surface area contributed by atoms with Crippen LogP contribution < -0.4 is 0 Å². The lowest BCUT2D eigenvalue weighted by Gasteiger charge is -2.24. The summed E-state index contributed by atoms with van der Waals surface area (Å²) in [6.07, 6.45) is 102. The number of ether oxygens (including phenoxy) is 2. The van der Waals surface area contributed by atoms with E-state index in [9.17, 15) is 19.0 Å². The van der Waals surface area contributed by atoms with E-state index in [0.29, 0.717) is 17.4 Å². The third-order valence-electron chi connectivity index (χ3n) is 16.8. The number of carbonyl (C=O) groups excluding carboxylic acids is 2. The van der Waals surface area contributed by atoms with Crippen LogP contribution in [-0.4, -0.2) is 74.9 Å². The molecule has 2 unspecified atom stereocenters. The lowest BCUT2D eigenvalue weighted by atomic mass is 10.0. The number of unbranched alkanes of at least 4 members (excludes halogenated alkanes) is 39. The number of allylic oxidation sites excluding steroid dienone is 18. The zero-order chi connectivity index (χ0) is 66.9. The summed E-state index contributed by atoms with van der Waals surface area (Å²) in [7, 11) is 1.48. The number of carbonyl (C=O) groups is 2. The first kappa shape index (κ1) is 88.7. The fraction of sp³-hybridized carbons (Fsp3) is 0.756. The van der Waals surface area contributed by atoms with Crippen molar-refractivity contribution in [2.75, 3.05) is 47.5 Å². The normalized spacial score (nSPS) is 13.7. The highest BCUT2D eigenvalue weighted by molar-refractivity contribution is 7.47. The van der Waals surface area contributed by atoms with Crippen LogP contribution in [0.2, 0.25) is 0 Å². The molecule has 0 saturated carbocycles. The predicted octanol–water partition coefficient (Wildman–Crippen LogP) is 25.6. The van der Waals surface area contributed by atoms with Gasteiger partial charge < -0.3 is 18.9 Å². The number of hydrogen-bond donors (Lipinski definition) is 1. The lowest BCUT2D eigenvalue weighted by Crippen LogP contribution is -2.37. The lowest BCUT2D eigenvalue weighted by molar-refractivity contribution is -0.870. The summed E-state index contributed by atoms with van der Waals surface area (Å²) in [5.74, 6) is -0.789. The molecule has 1 N–H and O–H groups in total. The van der Waals surface area contributed by atoms with E-state index in [-0.39, 0.29) is 32.0 Å². The number of likely N-dealkylation sites (N-methyl/N-ethyl adjacent to an activating group) is 1. The Hall–Kier alpha value is -3.33. The Morgan fingerprint density at radius 1 is 0.337 bits per heavy atom. The summed E-state index contributed by atoms with van der Waals surface area (Å²) in [6, 6.07) is 0. The smallest absolute Gasteiger partial charge is 0.462 e. The molecule has 0 aromatic carbocycles. The third-order valence-corrected chi connectivity index (χ3v) is 17.8. The molecule has 0 radical (unpaired) electrons. The fourth-order valence-electron chi connectivity index (χ4n) is 11.0. The van der Waals surface area contributed by atoms with E-state index < -0.39 is 26.5 Å². The second kappa shape index (κ2) is 72.0. The van der Waals surface area contributed by atoms with Crippen LogP contribution in [0.3, 0.4) is 0 Å². The zero-order valence-corrected chi connectivity index (χ0v) is 61.7. The predicted molar refractivity (Wildman–Crippen MR) is 399 cm³/mol. The second-order valence-electron chi connectivity index (χ2n) is 27.0. The molecule has 2 atom stereocenters. The summed E-state index contributed by atoms with van der Waals surface area (Å²) < 4.78 is 34.8. The van der Waals surface area contributed by atoms with Crippen LogP contribution in [0.15, 0.2) is 109 Å². The molecular formula is C82H147NO8P+. The molecule has 0 heterocycles.